The third-order valence-corrected chi connectivity index (χ3v) is 3.38. The van der Waals surface area contributed by atoms with Gasteiger partial charge in [0.15, 0.2) is 0 Å². The molecule has 1 saturated carbocycles. The molecule has 19 heavy (non-hydrogen) atoms. The average molecular weight is 263 g/mol. The molecule has 0 spiro atoms. The Morgan fingerprint density at radius 3 is 2.74 bits per heavy atom. The zero-order chi connectivity index (χ0) is 14.0. The van der Waals surface area contributed by atoms with Crippen LogP contribution in [-0.2, 0) is 16.1 Å². The van der Waals surface area contributed by atoms with Gasteiger partial charge in [-0.2, -0.15) is 0 Å². The maximum Gasteiger partial charge on any atom is 0.307 e. The van der Waals surface area contributed by atoms with Crippen molar-refractivity contribution in [3.63, 3.8) is 0 Å². The van der Waals surface area contributed by atoms with Crippen molar-refractivity contribution in [1.82, 2.24) is 5.32 Å². The quantitative estimate of drug-likeness (QED) is 0.840. The van der Waals surface area contributed by atoms with Gasteiger partial charge in [0.1, 0.15) is 5.75 Å². The smallest absolute Gasteiger partial charge is 0.307 e. The van der Waals surface area contributed by atoms with Gasteiger partial charge in [0, 0.05) is 6.54 Å². The minimum atomic E-state index is -0.892. The Bertz CT molecular complexity index is 512. The van der Waals surface area contributed by atoms with Crippen molar-refractivity contribution in [3.05, 3.63) is 29.3 Å². The minimum absolute atomic E-state index is 0.188. The molecule has 1 amide bonds. The van der Waals surface area contributed by atoms with Crippen molar-refractivity contribution in [1.29, 1.82) is 0 Å². The molecule has 5 heteroatoms. The van der Waals surface area contributed by atoms with Gasteiger partial charge >= 0.3 is 5.97 Å². The number of carboxylic acid groups (broad SMARTS) is 1. The van der Waals surface area contributed by atoms with Crippen LogP contribution < -0.4 is 10.1 Å². The Morgan fingerprint density at radius 2 is 2.16 bits per heavy atom. The molecule has 1 fully saturated rings. The van der Waals surface area contributed by atoms with Gasteiger partial charge in [-0.3, -0.25) is 9.59 Å². The summed E-state index contributed by atoms with van der Waals surface area (Å²) in [6.07, 6.45) is 0.443. The fourth-order valence-electron chi connectivity index (χ4n) is 2.05. The largest absolute Gasteiger partial charge is 0.496 e. The zero-order valence-corrected chi connectivity index (χ0v) is 11.0. The topological polar surface area (TPSA) is 75.6 Å². The normalized spacial score (nSPS) is 20.7. The molecule has 0 radical (unpaired) electrons. The van der Waals surface area contributed by atoms with E-state index in [1.807, 2.05) is 25.1 Å². The predicted octanol–water partition coefficient (Wildman–Crippen LogP) is 1.34. The molecule has 2 rings (SSSR count). The number of benzene rings is 1. The second-order valence-corrected chi connectivity index (χ2v) is 4.81. The van der Waals surface area contributed by atoms with Crippen LogP contribution in [0.1, 0.15) is 17.5 Å². The summed E-state index contributed by atoms with van der Waals surface area (Å²) in [5, 5.41) is 11.5. The predicted molar refractivity (Wildman–Crippen MR) is 68.8 cm³/mol. The van der Waals surface area contributed by atoms with Crippen molar-refractivity contribution in [2.24, 2.45) is 11.8 Å². The molecule has 102 valence electrons. The van der Waals surface area contributed by atoms with E-state index >= 15 is 0 Å². The Kier molecular flexibility index (Phi) is 3.74. The maximum absolute atomic E-state index is 11.7. The highest BCUT2D eigenvalue weighted by Crippen LogP contribution is 2.38. The molecule has 1 aliphatic carbocycles. The van der Waals surface area contributed by atoms with Crippen LogP contribution in [0.3, 0.4) is 0 Å². The summed E-state index contributed by atoms with van der Waals surface area (Å²) in [6, 6.07) is 5.72. The first-order valence-corrected chi connectivity index (χ1v) is 6.17. The summed E-state index contributed by atoms with van der Waals surface area (Å²) in [5.41, 5.74) is 1.97. The average Bonchev–Trinajstić information content (AvgIpc) is 3.17. The maximum atomic E-state index is 11.7. The van der Waals surface area contributed by atoms with Crippen LogP contribution in [0.25, 0.3) is 0 Å². The Hall–Kier alpha value is -2.04. The lowest BCUT2D eigenvalue weighted by atomic mass is 10.1. The number of aryl methyl sites for hydroxylation is 1. The SMILES string of the molecule is COc1cc(CNC(=O)[C@@H]2C[C@@H]2C(=O)O)ccc1C. The van der Waals surface area contributed by atoms with E-state index in [1.165, 1.54) is 0 Å². The molecule has 1 aliphatic rings. The van der Waals surface area contributed by atoms with Gasteiger partial charge in [-0.15, -0.1) is 0 Å². The monoisotopic (exact) mass is 263 g/mol. The lowest BCUT2D eigenvalue weighted by molar-refractivity contribution is -0.140. The van der Waals surface area contributed by atoms with Gasteiger partial charge in [0.25, 0.3) is 0 Å². The fourth-order valence-corrected chi connectivity index (χ4v) is 2.05. The molecule has 5 nitrogen and oxygen atoms in total. The van der Waals surface area contributed by atoms with Crippen LogP contribution in [0.15, 0.2) is 18.2 Å². The molecule has 0 heterocycles. The molecular formula is C14H17NO4. The standard InChI is InChI=1S/C14H17NO4/c1-8-3-4-9(5-12(8)19-2)7-15-13(16)10-6-11(10)14(17)18/h3-5,10-11H,6-7H2,1-2H3,(H,15,16)(H,17,18)/t10-,11+/m1/s1. The number of nitrogens with one attached hydrogen (secondary N) is 1. The number of carboxylic acids is 1. The third kappa shape index (κ3) is 3.05. The highest BCUT2D eigenvalue weighted by molar-refractivity contribution is 5.89. The van der Waals surface area contributed by atoms with E-state index < -0.39 is 11.9 Å². The second kappa shape index (κ2) is 5.30. The summed E-state index contributed by atoms with van der Waals surface area (Å²) >= 11 is 0. The molecular weight excluding hydrogens is 246 g/mol. The number of hydrogen-bond acceptors (Lipinski definition) is 3. The number of rotatable bonds is 5. The van der Waals surface area contributed by atoms with E-state index in [4.69, 9.17) is 9.84 Å². The zero-order valence-electron chi connectivity index (χ0n) is 11.0. The van der Waals surface area contributed by atoms with Gasteiger partial charge in [-0.05, 0) is 30.5 Å². The molecule has 0 aliphatic heterocycles. The highest BCUT2D eigenvalue weighted by atomic mass is 16.5. The van der Waals surface area contributed by atoms with Gasteiger partial charge < -0.3 is 15.2 Å². The van der Waals surface area contributed by atoms with E-state index in [0.717, 1.165) is 16.9 Å². The number of carbonyl (C=O) groups excluding carboxylic acids is 1. The van der Waals surface area contributed by atoms with Crippen molar-refractivity contribution < 1.29 is 19.4 Å². The van der Waals surface area contributed by atoms with Crippen LogP contribution >= 0.6 is 0 Å². The van der Waals surface area contributed by atoms with Crippen LogP contribution in [0.2, 0.25) is 0 Å². The van der Waals surface area contributed by atoms with Gasteiger partial charge in [0.05, 0.1) is 18.9 Å². The van der Waals surface area contributed by atoms with Crippen molar-refractivity contribution in [2.45, 2.75) is 19.9 Å². The van der Waals surface area contributed by atoms with Crippen LogP contribution in [0.5, 0.6) is 5.75 Å². The second-order valence-electron chi connectivity index (χ2n) is 4.81. The van der Waals surface area contributed by atoms with Crippen LogP contribution in [0.4, 0.5) is 0 Å². The minimum Gasteiger partial charge on any atom is -0.496 e. The number of aliphatic carboxylic acids is 1. The van der Waals surface area contributed by atoms with Crippen molar-refractivity contribution in [2.75, 3.05) is 7.11 Å². The Morgan fingerprint density at radius 1 is 1.42 bits per heavy atom. The van der Waals surface area contributed by atoms with E-state index in [-0.39, 0.29) is 11.8 Å². The number of amides is 1. The van der Waals surface area contributed by atoms with Gasteiger partial charge in [-0.1, -0.05) is 12.1 Å². The number of ether oxygens (including phenoxy) is 1. The molecule has 1 aromatic rings. The van der Waals surface area contributed by atoms with Crippen LogP contribution in [0, 0.1) is 18.8 Å². The Labute approximate surface area is 111 Å². The first-order chi connectivity index (χ1) is 9.02. The van der Waals surface area contributed by atoms with Crippen molar-refractivity contribution in [3.8, 4) is 5.75 Å². The molecule has 2 N–H and O–H groups in total. The van der Waals surface area contributed by atoms with Gasteiger partial charge in [0.2, 0.25) is 5.91 Å². The van der Waals surface area contributed by atoms with E-state index in [2.05, 4.69) is 5.32 Å². The first kappa shape index (κ1) is 13.4. The highest BCUT2D eigenvalue weighted by Gasteiger charge is 2.48. The van der Waals surface area contributed by atoms with Crippen LogP contribution in [-0.4, -0.2) is 24.1 Å². The summed E-state index contributed by atoms with van der Waals surface area (Å²) in [4.78, 5) is 22.4. The summed E-state index contributed by atoms with van der Waals surface area (Å²) in [5.74, 6) is -1.18. The third-order valence-electron chi connectivity index (χ3n) is 3.38. The fraction of sp³-hybridized carbons (Fsp3) is 0.429. The number of carbonyl (C=O) groups is 2. The molecule has 0 aromatic heterocycles. The van der Waals surface area contributed by atoms with E-state index in [1.54, 1.807) is 7.11 Å². The summed E-state index contributed by atoms with van der Waals surface area (Å²) < 4.78 is 5.21. The number of methoxy groups -OCH3 is 1. The summed E-state index contributed by atoms with van der Waals surface area (Å²) in [6.45, 7) is 2.33. The lowest BCUT2D eigenvalue weighted by Gasteiger charge is -2.08. The Balaban J connectivity index is 1.89. The molecule has 2 atom stereocenters. The molecule has 0 unspecified atom stereocenters. The lowest BCUT2D eigenvalue weighted by Crippen LogP contribution is -2.25. The molecule has 0 bridgehead atoms. The summed E-state index contributed by atoms with van der Waals surface area (Å²) in [7, 11) is 1.60. The van der Waals surface area contributed by atoms with Gasteiger partial charge in [-0.25, -0.2) is 0 Å². The van der Waals surface area contributed by atoms with E-state index in [0.29, 0.717) is 13.0 Å². The number of hydrogen-bond donors (Lipinski definition) is 2. The van der Waals surface area contributed by atoms with E-state index in [9.17, 15) is 9.59 Å². The molecule has 1 aromatic carbocycles. The van der Waals surface area contributed by atoms with Crippen molar-refractivity contribution >= 4 is 11.9 Å². The first-order valence-electron chi connectivity index (χ1n) is 6.17. The molecule has 0 saturated heterocycles.